The number of amides is 1. The molecular weight excluding hydrogens is 258 g/mol. The average molecular weight is 279 g/mol. The lowest BCUT2D eigenvalue weighted by Gasteiger charge is -2.24. The highest BCUT2D eigenvalue weighted by Gasteiger charge is 2.30. The standard InChI is InChI=1S/C15H21NO4/c1-5-20-13(17)10-16-14(18)15(2,3)11-6-8-12(19-4)9-7-11/h6-9H,5,10H2,1-4H3,(H,16,18). The number of hydrogen-bond acceptors (Lipinski definition) is 4. The first kappa shape index (κ1) is 16.0. The molecule has 1 rings (SSSR count). The van der Waals surface area contributed by atoms with Crippen LogP contribution in [0.1, 0.15) is 26.3 Å². The first-order chi connectivity index (χ1) is 9.41. The van der Waals surface area contributed by atoms with Crippen molar-refractivity contribution in [3.8, 4) is 5.75 Å². The molecule has 0 saturated carbocycles. The van der Waals surface area contributed by atoms with Crippen molar-refractivity contribution in [2.75, 3.05) is 20.3 Å². The van der Waals surface area contributed by atoms with Gasteiger partial charge in [-0.3, -0.25) is 9.59 Å². The Morgan fingerprint density at radius 3 is 2.30 bits per heavy atom. The Balaban J connectivity index is 2.70. The van der Waals surface area contributed by atoms with Gasteiger partial charge in [-0.25, -0.2) is 0 Å². The Kier molecular flexibility index (Phi) is 5.55. The molecule has 0 aliphatic carbocycles. The summed E-state index contributed by atoms with van der Waals surface area (Å²) in [6.45, 7) is 5.51. The molecule has 0 unspecified atom stereocenters. The Hall–Kier alpha value is -2.04. The highest BCUT2D eigenvalue weighted by molar-refractivity contribution is 5.89. The molecule has 0 fully saturated rings. The second-order valence-electron chi connectivity index (χ2n) is 4.84. The zero-order valence-electron chi connectivity index (χ0n) is 12.4. The molecule has 0 heterocycles. The zero-order chi connectivity index (χ0) is 15.2. The summed E-state index contributed by atoms with van der Waals surface area (Å²) in [6.07, 6.45) is 0. The van der Waals surface area contributed by atoms with Gasteiger partial charge in [0.15, 0.2) is 0 Å². The van der Waals surface area contributed by atoms with E-state index >= 15 is 0 Å². The molecule has 1 aromatic carbocycles. The van der Waals surface area contributed by atoms with E-state index in [9.17, 15) is 9.59 Å². The third-order valence-corrected chi connectivity index (χ3v) is 3.08. The van der Waals surface area contributed by atoms with E-state index in [1.54, 1.807) is 40.0 Å². The number of methoxy groups -OCH3 is 1. The molecule has 1 amide bonds. The Labute approximate surface area is 119 Å². The minimum absolute atomic E-state index is 0.119. The SMILES string of the molecule is CCOC(=O)CNC(=O)C(C)(C)c1ccc(OC)cc1. The van der Waals surface area contributed by atoms with Crippen molar-refractivity contribution in [2.24, 2.45) is 0 Å². The molecule has 0 aromatic heterocycles. The maximum absolute atomic E-state index is 12.2. The van der Waals surface area contributed by atoms with Gasteiger partial charge in [0.1, 0.15) is 12.3 Å². The van der Waals surface area contributed by atoms with Gasteiger partial charge in [-0.05, 0) is 38.5 Å². The lowest BCUT2D eigenvalue weighted by Crippen LogP contribution is -2.42. The van der Waals surface area contributed by atoms with Crippen molar-refractivity contribution in [3.05, 3.63) is 29.8 Å². The first-order valence-corrected chi connectivity index (χ1v) is 6.50. The van der Waals surface area contributed by atoms with Gasteiger partial charge < -0.3 is 14.8 Å². The Morgan fingerprint density at radius 1 is 1.20 bits per heavy atom. The number of carbonyl (C=O) groups is 2. The van der Waals surface area contributed by atoms with Crippen molar-refractivity contribution < 1.29 is 19.1 Å². The number of rotatable bonds is 6. The van der Waals surface area contributed by atoms with Crippen LogP contribution in [-0.4, -0.2) is 32.1 Å². The summed E-state index contributed by atoms with van der Waals surface area (Å²) >= 11 is 0. The van der Waals surface area contributed by atoms with Crippen molar-refractivity contribution >= 4 is 11.9 Å². The number of hydrogen-bond donors (Lipinski definition) is 1. The molecular formula is C15H21NO4. The molecule has 0 aliphatic rings. The Morgan fingerprint density at radius 2 is 1.80 bits per heavy atom. The normalized spacial score (nSPS) is 10.8. The maximum atomic E-state index is 12.2. The number of esters is 1. The topological polar surface area (TPSA) is 64.6 Å². The number of benzene rings is 1. The van der Waals surface area contributed by atoms with E-state index < -0.39 is 11.4 Å². The van der Waals surface area contributed by atoms with Crippen molar-refractivity contribution in [1.82, 2.24) is 5.32 Å². The van der Waals surface area contributed by atoms with E-state index in [2.05, 4.69) is 5.32 Å². The summed E-state index contributed by atoms with van der Waals surface area (Å²) < 4.78 is 9.86. The number of carbonyl (C=O) groups excluding carboxylic acids is 2. The highest BCUT2D eigenvalue weighted by atomic mass is 16.5. The molecule has 1 N–H and O–H groups in total. The van der Waals surface area contributed by atoms with Gasteiger partial charge in [0.25, 0.3) is 0 Å². The molecule has 110 valence electrons. The van der Waals surface area contributed by atoms with Crippen LogP contribution in [0.3, 0.4) is 0 Å². The lowest BCUT2D eigenvalue weighted by atomic mass is 9.83. The summed E-state index contributed by atoms with van der Waals surface area (Å²) in [6, 6.07) is 7.27. The molecule has 5 heteroatoms. The minimum Gasteiger partial charge on any atom is -0.497 e. The van der Waals surface area contributed by atoms with E-state index in [0.29, 0.717) is 6.61 Å². The second-order valence-corrected chi connectivity index (χ2v) is 4.84. The predicted molar refractivity (Wildman–Crippen MR) is 75.7 cm³/mol. The number of ether oxygens (including phenoxy) is 2. The van der Waals surface area contributed by atoms with Crippen LogP contribution in [0.15, 0.2) is 24.3 Å². The van der Waals surface area contributed by atoms with Crippen molar-refractivity contribution in [1.29, 1.82) is 0 Å². The maximum Gasteiger partial charge on any atom is 0.325 e. The molecule has 0 aliphatic heterocycles. The van der Waals surface area contributed by atoms with E-state index in [0.717, 1.165) is 11.3 Å². The third-order valence-electron chi connectivity index (χ3n) is 3.08. The van der Waals surface area contributed by atoms with Gasteiger partial charge in [-0.1, -0.05) is 12.1 Å². The van der Waals surface area contributed by atoms with Crippen LogP contribution >= 0.6 is 0 Å². The van der Waals surface area contributed by atoms with Crippen LogP contribution in [0.5, 0.6) is 5.75 Å². The lowest BCUT2D eigenvalue weighted by molar-refractivity contribution is -0.143. The average Bonchev–Trinajstić information content (AvgIpc) is 2.45. The van der Waals surface area contributed by atoms with Gasteiger partial charge in [0, 0.05) is 0 Å². The zero-order valence-corrected chi connectivity index (χ0v) is 12.4. The van der Waals surface area contributed by atoms with Crippen molar-refractivity contribution in [3.63, 3.8) is 0 Å². The van der Waals surface area contributed by atoms with E-state index in [-0.39, 0.29) is 12.5 Å². The van der Waals surface area contributed by atoms with E-state index in [4.69, 9.17) is 9.47 Å². The fraction of sp³-hybridized carbons (Fsp3) is 0.467. The Bertz CT molecular complexity index is 465. The van der Waals surface area contributed by atoms with Gasteiger partial charge in [0.05, 0.1) is 19.1 Å². The van der Waals surface area contributed by atoms with Crippen molar-refractivity contribution in [2.45, 2.75) is 26.2 Å². The summed E-state index contributed by atoms with van der Waals surface area (Å²) in [5.41, 5.74) is 0.110. The minimum atomic E-state index is -0.737. The molecule has 5 nitrogen and oxygen atoms in total. The van der Waals surface area contributed by atoms with Gasteiger partial charge in [0.2, 0.25) is 5.91 Å². The molecule has 0 atom stereocenters. The molecule has 20 heavy (non-hydrogen) atoms. The largest absolute Gasteiger partial charge is 0.497 e. The first-order valence-electron chi connectivity index (χ1n) is 6.50. The molecule has 1 aromatic rings. The fourth-order valence-corrected chi connectivity index (χ4v) is 1.72. The quantitative estimate of drug-likeness (QED) is 0.804. The summed E-state index contributed by atoms with van der Waals surface area (Å²) in [7, 11) is 1.59. The second kappa shape index (κ2) is 6.93. The van der Waals surface area contributed by atoms with Gasteiger partial charge in [-0.15, -0.1) is 0 Å². The van der Waals surface area contributed by atoms with E-state index in [1.807, 2.05) is 12.1 Å². The van der Waals surface area contributed by atoms with Crippen LogP contribution in [0.2, 0.25) is 0 Å². The summed E-state index contributed by atoms with van der Waals surface area (Å²) in [5.74, 6) is 0.0681. The predicted octanol–water partition coefficient (Wildman–Crippen LogP) is 1.65. The smallest absolute Gasteiger partial charge is 0.325 e. The molecule has 0 bridgehead atoms. The summed E-state index contributed by atoms with van der Waals surface area (Å²) in [4.78, 5) is 23.4. The highest BCUT2D eigenvalue weighted by Crippen LogP contribution is 2.25. The van der Waals surface area contributed by atoms with Gasteiger partial charge >= 0.3 is 5.97 Å². The molecule has 0 spiro atoms. The van der Waals surface area contributed by atoms with E-state index in [1.165, 1.54) is 0 Å². The number of nitrogens with one attached hydrogen (secondary N) is 1. The fourth-order valence-electron chi connectivity index (χ4n) is 1.72. The van der Waals surface area contributed by atoms with Crippen LogP contribution in [0.4, 0.5) is 0 Å². The molecule has 0 radical (unpaired) electrons. The van der Waals surface area contributed by atoms with Gasteiger partial charge in [-0.2, -0.15) is 0 Å². The van der Waals surface area contributed by atoms with Crippen LogP contribution in [0.25, 0.3) is 0 Å². The monoisotopic (exact) mass is 279 g/mol. The third kappa shape index (κ3) is 3.98. The van der Waals surface area contributed by atoms with Crippen LogP contribution in [0, 0.1) is 0 Å². The molecule has 0 saturated heterocycles. The summed E-state index contributed by atoms with van der Waals surface area (Å²) in [5, 5.41) is 2.59. The van der Waals surface area contributed by atoms with Crippen LogP contribution < -0.4 is 10.1 Å². The van der Waals surface area contributed by atoms with Crippen LogP contribution in [-0.2, 0) is 19.7 Å².